The minimum Gasteiger partial charge on any atom is -0.381 e. The highest BCUT2D eigenvalue weighted by atomic mass is 35.5. The van der Waals surface area contributed by atoms with E-state index in [0.29, 0.717) is 5.54 Å². The fourth-order valence-corrected chi connectivity index (χ4v) is 3.83. The predicted molar refractivity (Wildman–Crippen MR) is 78.8 cm³/mol. The van der Waals surface area contributed by atoms with Gasteiger partial charge in [0.2, 0.25) is 0 Å². The molecule has 1 N–H and O–H groups in total. The summed E-state index contributed by atoms with van der Waals surface area (Å²) in [7, 11) is 0. The SMILES string of the molecule is CCN1c2ccc(Cl)cc2NCC12CCCCC2. The van der Waals surface area contributed by atoms with Crippen LogP contribution in [0.25, 0.3) is 0 Å². The Balaban J connectivity index is 2.00. The van der Waals surface area contributed by atoms with Gasteiger partial charge in [0.05, 0.1) is 16.9 Å². The molecule has 3 rings (SSSR count). The van der Waals surface area contributed by atoms with Gasteiger partial charge in [-0.3, -0.25) is 0 Å². The summed E-state index contributed by atoms with van der Waals surface area (Å²) < 4.78 is 0. The Labute approximate surface area is 114 Å². The van der Waals surface area contributed by atoms with Crippen LogP contribution in [0.1, 0.15) is 39.0 Å². The molecule has 1 saturated carbocycles. The molecule has 2 nitrogen and oxygen atoms in total. The van der Waals surface area contributed by atoms with Gasteiger partial charge >= 0.3 is 0 Å². The lowest BCUT2D eigenvalue weighted by atomic mass is 9.78. The van der Waals surface area contributed by atoms with Gasteiger partial charge in [-0.15, -0.1) is 0 Å². The van der Waals surface area contributed by atoms with E-state index in [9.17, 15) is 0 Å². The molecule has 0 aromatic heterocycles. The highest BCUT2D eigenvalue weighted by Gasteiger charge is 2.40. The van der Waals surface area contributed by atoms with E-state index >= 15 is 0 Å². The zero-order chi connectivity index (χ0) is 12.6. The first kappa shape index (κ1) is 12.2. The van der Waals surface area contributed by atoms with Crippen LogP contribution >= 0.6 is 11.6 Å². The minimum atomic E-state index is 0.341. The van der Waals surface area contributed by atoms with E-state index in [2.05, 4.69) is 29.3 Å². The normalized spacial score (nSPS) is 21.6. The molecule has 1 heterocycles. The Morgan fingerprint density at radius 1 is 1.28 bits per heavy atom. The van der Waals surface area contributed by atoms with Gasteiger partial charge in [-0.05, 0) is 38.0 Å². The molecule has 1 aliphatic heterocycles. The summed E-state index contributed by atoms with van der Waals surface area (Å²) in [5, 5.41) is 4.42. The van der Waals surface area contributed by atoms with Gasteiger partial charge in [-0.2, -0.15) is 0 Å². The summed E-state index contributed by atoms with van der Waals surface area (Å²) in [4.78, 5) is 2.61. The van der Waals surface area contributed by atoms with E-state index in [1.165, 1.54) is 43.5 Å². The second-order valence-corrected chi connectivity index (χ2v) is 5.98. The van der Waals surface area contributed by atoms with Crippen LogP contribution in [-0.2, 0) is 0 Å². The van der Waals surface area contributed by atoms with E-state index in [-0.39, 0.29) is 0 Å². The van der Waals surface area contributed by atoms with Crippen LogP contribution in [0.4, 0.5) is 11.4 Å². The largest absolute Gasteiger partial charge is 0.381 e. The van der Waals surface area contributed by atoms with E-state index in [1.807, 2.05) is 6.07 Å². The number of nitrogens with zero attached hydrogens (tertiary/aromatic N) is 1. The number of nitrogens with one attached hydrogen (secondary N) is 1. The van der Waals surface area contributed by atoms with Gasteiger partial charge in [0.1, 0.15) is 0 Å². The lowest BCUT2D eigenvalue weighted by molar-refractivity contribution is 0.285. The first-order valence-electron chi connectivity index (χ1n) is 7.06. The Hall–Kier alpha value is -0.890. The average Bonchev–Trinajstić information content (AvgIpc) is 2.40. The number of likely N-dealkylation sites (N-methyl/N-ethyl adjacent to an activating group) is 1. The van der Waals surface area contributed by atoms with Gasteiger partial charge in [0.15, 0.2) is 0 Å². The number of hydrogen-bond acceptors (Lipinski definition) is 2. The van der Waals surface area contributed by atoms with Crippen molar-refractivity contribution in [1.82, 2.24) is 0 Å². The molecule has 0 radical (unpaired) electrons. The fourth-order valence-electron chi connectivity index (χ4n) is 3.66. The van der Waals surface area contributed by atoms with Crippen LogP contribution in [0.2, 0.25) is 5.02 Å². The first-order chi connectivity index (χ1) is 8.75. The van der Waals surface area contributed by atoms with Gasteiger partial charge in [0, 0.05) is 18.1 Å². The summed E-state index contributed by atoms with van der Waals surface area (Å²) in [6, 6.07) is 6.23. The zero-order valence-corrected chi connectivity index (χ0v) is 11.8. The van der Waals surface area contributed by atoms with Crippen LogP contribution in [0.5, 0.6) is 0 Å². The molecule has 0 atom stereocenters. The molecule has 2 aliphatic rings. The minimum absolute atomic E-state index is 0.341. The molecular weight excluding hydrogens is 244 g/mol. The fraction of sp³-hybridized carbons (Fsp3) is 0.600. The Morgan fingerprint density at radius 2 is 2.06 bits per heavy atom. The molecule has 0 bridgehead atoms. The molecule has 3 heteroatoms. The molecule has 1 aromatic rings. The van der Waals surface area contributed by atoms with Crippen molar-refractivity contribution in [3.63, 3.8) is 0 Å². The topological polar surface area (TPSA) is 15.3 Å². The van der Waals surface area contributed by atoms with Crippen molar-refractivity contribution < 1.29 is 0 Å². The molecule has 1 spiro atoms. The maximum absolute atomic E-state index is 6.09. The molecule has 1 fully saturated rings. The Morgan fingerprint density at radius 3 is 2.78 bits per heavy atom. The molecule has 98 valence electrons. The van der Waals surface area contributed by atoms with Crippen LogP contribution in [0.15, 0.2) is 18.2 Å². The van der Waals surface area contributed by atoms with Crippen LogP contribution in [0, 0.1) is 0 Å². The van der Waals surface area contributed by atoms with E-state index in [0.717, 1.165) is 18.1 Å². The lowest BCUT2D eigenvalue weighted by Gasteiger charge is -2.51. The molecule has 1 aliphatic carbocycles. The summed E-state index contributed by atoms with van der Waals surface area (Å²) >= 11 is 6.09. The monoisotopic (exact) mass is 264 g/mol. The van der Waals surface area contributed by atoms with Gasteiger partial charge in [0.25, 0.3) is 0 Å². The average molecular weight is 265 g/mol. The van der Waals surface area contributed by atoms with Crippen molar-refractivity contribution in [1.29, 1.82) is 0 Å². The zero-order valence-electron chi connectivity index (χ0n) is 11.0. The third-order valence-corrected chi connectivity index (χ3v) is 4.77. The molecule has 1 aromatic carbocycles. The van der Waals surface area contributed by atoms with Crippen LogP contribution in [-0.4, -0.2) is 18.6 Å². The predicted octanol–water partition coefficient (Wildman–Crippen LogP) is 4.29. The summed E-state index contributed by atoms with van der Waals surface area (Å²) in [6.45, 7) is 4.41. The second-order valence-electron chi connectivity index (χ2n) is 5.54. The van der Waals surface area contributed by atoms with E-state index in [1.54, 1.807) is 0 Å². The molecule has 0 unspecified atom stereocenters. The Bertz CT molecular complexity index is 438. The number of halogens is 1. The molecule has 0 amide bonds. The molecular formula is C15H21ClN2. The number of rotatable bonds is 1. The summed E-state index contributed by atoms with van der Waals surface area (Å²) in [5.74, 6) is 0. The highest BCUT2D eigenvalue weighted by molar-refractivity contribution is 6.31. The standard InChI is InChI=1S/C15H21ClN2/c1-2-18-14-7-6-12(16)10-13(14)17-11-15(18)8-4-3-5-9-15/h6-7,10,17H,2-5,8-9,11H2,1H3. The Kier molecular flexibility index (Phi) is 3.14. The van der Waals surface area contributed by atoms with Crippen LogP contribution < -0.4 is 10.2 Å². The maximum Gasteiger partial charge on any atom is 0.0608 e. The van der Waals surface area contributed by atoms with Gasteiger partial charge in [-0.1, -0.05) is 30.9 Å². The van der Waals surface area contributed by atoms with Crippen molar-refractivity contribution >= 4 is 23.0 Å². The van der Waals surface area contributed by atoms with Crippen molar-refractivity contribution in [3.8, 4) is 0 Å². The summed E-state index contributed by atoms with van der Waals surface area (Å²) in [5.41, 5.74) is 2.86. The third kappa shape index (κ3) is 1.87. The third-order valence-electron chi connectivity index (χ3n) is 4.53. The second kappa shape index (κ2) is 4.65. The van der Waals surface area contributed by atoms with Gasteiger partial charge in [-0.25, -0.2) is 0 Å². The quantitative estimate of drug-likeness (QED) is 0.814. The van der Waals surface area contributed by atoms with Crippen molar-refractivity contribution in [2.75, 3.05) is 23.3 Å². The van der Waals surface area contributed by atoms with Crippen molar-refractivity contribution in [2.45, 2.75) is 44.6 Å². The smallest absolute Gasteiger partial charge is 0.0608 e. The van der Waals surface area contributed by atoms with Crippen molar-refractivity contribution in [3.05, 3.63) is 23.2 Å². The summed E-state index contributed by atoms with van der Waals surface area (Å²) in [6.07, 6.45) is 6.75. The first-order valence-corrected chi connectivity index (χ1v) is 7.44. The number of fused-ring (bicyclic) bond motifs is 1. The van der Waals surface area contributed by atoms with E-state index in [4.69, 9.17) is 11.6 Å². The number of hydrogen-bond donors (Lipinski definition) is 1. The van der Waals surface area contributed by atoms with Crippen molar-refractivity contribution in [2.24, 2.45) is 0 Å². The molecule has 18 heavy (non-hydrogen) atoms. The maximum atomic E-state index is 6.09. The number of anilines is 2. The van der Waals surface area contributed by atoms with Crippen LogP contribution in [0.3, 0.4) is 0 Å². The van der Waals surface area contributed by atoms with Gasteiger partial charge < -0.3 is 10.2 Å². The lowest BCUT2D eigenvalue weighted by Crippen LogP contribution is -2.57. The molecule has 0 saturated heterocycles. The number of benzene rings is 1. The highest BCUT2D eigenvalue weighted by Crippen LogP contribution is 2.43. The van der Waals surface area contributed by atoms with E-state index < -0.39 is 0 Å².